The van der Waals surface area contributed by atoms with E-state index in [1.54, 1.807) is 0 Å². The van der Waals surface area contributed by atoms with E-state index in [0.29, 0.717) is 12.0 Å². The van der Waals surface area contributed by atoms with Crippen LogP contribution in [0.3, 0.4) is 0 Å². The summed E-state index contributed by atoms with van der Waals surface area (Å²) in [7, 11) is 0. The molecule has 0 saturated carbocycles. The first-order chi connectivity index (χ1) is 5.74. The molecule has 0 aromatic rings. The highest BCUT2D eigenvalue weighted by Crippen LogP contribution is 2.17. The van der Waals surface area contributed by atoms with Gasteiger partial charge in [0.25, 0.3) is 0 Å². The first-order valence-corrected chi connectivity index (χ1v) is 5.66. The highest BCUT2D eigenvalue weighted by Gasteiger charge is 2.23. The Morgan fingerprint density at radius 3 is 2.83 bits per heavy atom. The topological polar surface area (TPSA) is 44.3 Å². The van der Waals surface area contributed by atoms with Gasteiger partial charge >= 0.3 is 0 Å². The van der Waals surface area contributed by atoms with Gasteiger partial charge in [-0.2, -0.15) is 0 Å². The normalized spacial score (nSPS) is 33.2. The molecule has 0 unspecified atom stereocenters. The Balaban J connectivity index is 2.24. The van der Waals surface area contributed by atoms with Crippen molar-refractivity contribution in [1.29, 1.82) is 0 Å². The minimum absolute atomic E-state index is 0.361. The van der Waals surface area contributed by atoms with Crippen molar-refractivity contribution in [2.24, 2.45) is 5.92 Å². The van der Waals surface area contributed by atoms with E-state index in [1.165, 1.54) is 11.9 Å². The van der Waals surface area contributed by atoms with E-state index in [4.69, 9.17) is 0 Å². The van der Waals surface area contributed by atoms with Gasteiger partial charge < -0.3 is 10.4 Å². The maximum atomic E-state index is 9.59. The van der Waals surface area contributed by atoms with E-state index in [-0.39, 0.29) is 6.23 Å². The highest BCUT2D eigenvalue weighted by molar-refractivity contribution is 7.96. The Hall–Kier alpha value is 0.230. The smallest absolute Gasteiger partial charge is 0.117 e. The second kappa shape index (κ2) is 5.07. The van der Waals surface area contributed by atoms with Crippen LogP contribution in [0.25, 0.3) is 0 Å². The summed E-state index contributed by atoms with van der Waals surface area (Å²) in [6.07, 6.45) is 3.85. The molecule has 0 aliphatic carbocycles. The quantitative estimate of drug-likeness (QED) is 0.449. The zero-order valence-corrected chi connectivity index (χ0v) is 8.53. The average molecular weight is 190 g/mol. The lowest BCUT2D eigenvalue weighted by atomic mass is 9.94. The zero-order valence-electron chi connectivity index (χ0n) is 7.71. The number of hydrogen-bond donors (Lipinski definition) is 3. The van der Waals surface area contributed by atoms with Gasteiger partial charge in [-0.15, -0.1) is 0 Å². The molecule has 1 aliphatic rings. The van der Waals surface area contributed by atoms with Gasteiger partial charge in [0.2, 0.25) is 0 Å². The van der Waals surface area contributed by atoms with Crippen molar-refractivity contribution in [2.45, 2.75) is 32.0 Å². The van der Waals surface area contributed by atoms with Crippen LogP contribution in [0.2, 0.25) is 0 Å². The standard InChI is InChI=1S/C8H18N2OS/c1-6-3-4-7(5-9-6)8(11)10-12-2/h6-11H,3-5H2,1-2H3/t6-,7-,8+/m1/s1. The van der Waals surface area contributed by atoms with Gasteiger partial charge in [0.15, 0.2) is 0 Å². The van der Waals surface area contributed by atoms with Gasteiger partial charge in [0.1, 0.15) is 6.23 Å². The number of nitrogens with one attached hydrogen (secondary N) is 2. The molecule has 0 spiro atoms. The Bertz CT molecular complexity index is 126. The summed E-state index contributed by atoms with van der Waals surface area (Å²) in [4.78, 5) is 0. The fourth-order valence-electron chi connectivity index (χ4n) is 1.51. The van der Waals surface area contributed by atoms with Crippen LogP contribution in [0.5, 0.6) is 0 Å². The zero-order chi connectivity index (χ0) is 8.97. The van der Waals surface area contributed by atoms with Crippen molar-refractivity contribution in [3.8, 4) is 0 Å². The third kappa shape index (κ3) is 2.94. The van der Waals surface area contributed by atoms with Gasteiger partial charge in [-0.3, -0.25) is 0 Å². The largest absolute Gasteiger partial charge is 0.377 e. The maximum Gasteiger partial charge on any atom is 0.117 e. The first-order valence-electron chi connectivity index (χ1n) is 4.44. The SMILES string of the molecule is CSN[C@@H](O)[C@@H]1CC[C@@H](C)NC1. The predicted molar refractivity (Wildman–Crippen MR) is 52.8 cm³/mol. The molecule has 1 heterocycles. The molecule has 0 amide bonds. The fraction of sp³-hybridized carbons (Fsp3) is 1.00. The second-order valence-corrected chi connectivity index (χ2v) is 4.06. The Kier molecular flexibility index (Phi) is 4.35. The third-order valence-corrected chi connectivity index (χ3v) is 2.86. The molecular formula is C8H18N2OS. The Morgan fingerprint density at radius 2 is 2.33 bits per heavy atom. The monoisotopic (exact) mass is 190 g/mol. The van der Waals surface area contributed by atoms with Gasteiger partial charge in [-0.25, -0.2) is 4.72 Å². The Labute approximate surface area is 78.4 Å². The molecule has 0 aromatic carbocycles. The van der Waals surface area contributed by atoms with Crippen LogP contribution in [0.4, 0.5) is 0 Å². The molecule has 0 radical (unpaired) electrons. The summed E-state index contributed by atoms with van der Waals surface area (Å²) in [5.74, 6) is 0.369. The minimum Gasteiger partial charge on any atom is -0.377 e. The van der Waals surface area contributed by atoms with E-state index in [0.717, 1.165) is 19.4 Å². The lowest BCUT2D eigenvalue weighted by Gasteiger charge is -2.30. The van der Waals surface area contributed by atoms with Crippen molar-refractivity contribution < 1.29 is 5.11 Å². The average Bonchev–Trinajstić information content (AvgIpc) is 2.06. The van der Waals surface area contributed by atoms with Gasteiger partial charge in [-0.05, 0) is 26.0 Å². The van der Waals surface area contributed by atoms with E-state index in [2.05, 4.69) is 17.0 Å². The molecule has 1 aliphatic heterocycles. The van der Waals surface area contributed by atoms with Crippen LogP contribution in [0.15, 0.2) is 0 Å². The van der Waals surface area contributed by atoms with Gasteiger partial charge in [0.05, 0.1) is 0 Å². The van der Waals surface area contributed by atoms with E-state index in [1.807, 2.05) is 6.26 Å². The van der Waals surface area contributed by atoms with Crippen molar-refractivity contribution >= 4 is 11.9 Å². The summed E-state index contributed by atoms with van der Waals surface area (Å²) in [5.41, 5.74) is 0. The first kappa shape index (κ1) is 10.3. The summed E-state index contributed by atoms with van der Waals surface area (Å²) >= 11 is 1.48. The van der Waals surface area contributed by atoms with E-state index >= 15 is 0 Å². The van der Waals surface area contributed by atoms with Crippen molar-refractivity contribution in [1.82, 2.24) is 10.0 Å². The summed E-state index contributed by atoms with van der Waals surface area (Å²) in [6.45, 7) is 3.11. The lowest BCUT2D eigenvalue weighted by Crippen LogP contribution is -2.44. The molecule has 1 fully saturated rings. The maximum absolute atomic E-state index is 9.59. The summed E-state index contributed by atoms with van der Waals surface area (Å²) in [5, 5.41) is 13.0. The van der Waals surface area contributed by atoms with Crippen LogP contribution in [0, 0.1) is 5.92 Å². The van der Waals surface area contributed by atoms with Crippen LogP contribution >= 0.6 is 11.9 Å². The van der Waals surface area contributed by atoms with Gasteiger partial charge in [0, 0.05) is 18.5 Å². The molecule has 72 valence electrons. The molecule has 3 N–H and O–H groups in total. The van der Waals surface area contributed by atoms with Crippen LogP contribution < -0.4 is 10.0 Å². The van der Waals surface area contributed by atoms with Crippen molar-refractivity contribution in [3.05, 3.63) is 0 Å². The van der Waals surface area contributed by atoms with E-state index < -0.39 is 0 Å². The number of aliphatic hydroxyl groups excluding tert-OH is 1. The van der Waals surface area contributed by atoms with Crippen molar-refractivity contribution in [3.63, 3.8) is 0 Å². The number of aliphatic hydroxyl groups is 1. The number of piperidine rings is 1. The molecule has 1 rings (SSSR count). The molecule has 0 aromatic heterocycles. The molecule has 1 saturated heterocycles. The summed E-state index contributed by atoms with van der Waals surface area (Å²) in [6, 6.07) is 0.614. The van der Waals surface area contributed by atoms with Gasteiger partial charge in [-0.1, -0.05) is 11.9 Å². The fourth-order valence-corrected chi connectivity index (χ4v) is 1.94. The molecular weight excluding hydrogens is 172 g/mol. The second-order valence-electron chi connectivity index (χ2n) is 3.41. The molecule has 3 atom stereocenters. The Morgan fingerprint density at radius 1 is 1.58 bits per heavy atom. The highest BCUT2D eigenvalue weighted by atomic mass is 32.2. The predicted octanol–water partition coefficient (Wildman–Crippen LogP) is 0.560. The minimum atomic E-state index is -0.361. The van der Waals surface area contributed by atoms with Crippen LogP contribution in [-0.2, 0) is 0 Å². The van der Waals surface area contributed by atoms with E-state index in [9.17, 15) is 5.11 Å². The third-order valence-electron chi connectivity index (χ3n) is 2.38. The van der Waals surface area contributed by atoms with Crippen molar-refractivity contribution in [2.75, 3.05) is 12.8 Å². The lowest BCUT2D eigenvalue weighted by molar-refractivity contribution is 0.0792. The van der Waals surface area contributed by atoms with Crippen LogP contribution in [0.1, 0.15) is 19.8 Å². The number of hydrogen-bond acceptors (Lipinski definition) is 4. The summed E-state index contributed by atoms with van der Waals surface area (Å²) < 4.78 is 2.96. The molecule has 0 bridgehead atoms. The molecule has 12 heavy (non-hydrogen) atoms. The van der Waals surface area contributed by atoms with Crippen LogP contribution in [-0.4, -0.2) is 30.2 Å². The molecule has 3 nitrogen and oxygen atoms in total. The number of rotatable bonds is 3. The molecule has 4 heteroatoms.